The van der Waals surface area contributed by atoms with Gasteiger partial charge < -0.3 is 20.1 Å². The van der Waals surface area contributed by atoms with E-state index in [0.29, 0.717) is 43.5 Å². The van der Waals surface area contributed by atoms with E-state index in [0.717, 1.165) is 10.0 Å². The van der Waals surface area contributed by atoms with E-state index in [9.17, 15) is 14.9 Å². The number of para-hydroxylation sites is 2. The molecule has 8 nitrogen and oxygen atoms in total. The molecule has 1 amide bonds. The fourth-order valence-corrected chi connectivity index (χ4v) is 3.13. The van der Waals surface area contributed by atoms with Gasteiger partial charge in [-0.25, -0.2) is 0 Å². The molecule has 0 spiro atoms. The van der Waals surface area contributed by atoms with Crippen LogP contribution in [0.5, 0.6) is 11.5 Å². The molecule has 2 aromatic rings. The van der Waals surface area contributed by atoms with Gasteiger partial charge in [-0.1, -0.05) is 28.1 Å². The van der Waals surface area contributed by atoms with Gasteiger partial charge in [0, 0.05) is 23.6 Å². The number of hydrogen-bond acceptors (Lipinski definition) is 6. The first kappa shape index (κ1) is 22.5. The normalized spacial score (nSPS) is 10.3. The maximum Gasteiger partial charge on any atom is 0.292 e. The highest BCUT2D eigenvalue weighted by Gasteiger charge is 2.14. The summed E-state index contributed by atoms with van der Waals surface area (Å²) in [6.07, 6.45) is 0.165. The van der Waals surface area contributed by atoms with Crippen molar-refractivity contribution in [3.63, 3.8) is 0 Å². The molecule has 0 saturated heterocycles. The highest BCUT2D eigenvalue weighted by molar-refractivity contribution is 9.10. The number of halogens is 1. The van der Waals surface area contributed by atoms with Crippen LogP contribution in [0.3, 0.4) is 0 Å². The summed E-state index contributed by atoms with van der Waals surface area (Å²) in [7, 11) is 0. The van der Waals surface area contributed by atoms with E-state index >= 15 is 0 Å². The number of ether oxygens (including phenoxy) is 2. The Kier molecular flexibility index (Phi) is 8.72. The summed E-state index contributed by atoms with van der Waals surface area (Å²) in [6, 6.07) is 9.98. The molecule has 156 valence electrons. The zero-order valence-corrected chi connectivity index (χ0v) is 18.0. The minimum Gasteiger partial charge on any atom is -0.490 e. The summed E-state index contributed by atoms with van der Waals surface area (Å²) in [5, 5.41) is 16.8. The van der Waals surface area contributed by atoms with E-state index in [2.05, 4.69) is 26.6 Å². The highest BCUT2D eigenvalue weighted by Crippen LogP contribution is 2.34. The lowest BCUT2D eigenvalue weighted by atomic mass is 10.1. The molecule has 0 unspecified atom stereocenters. The van der Waals surface area contributed by atoms with Crippen LogP contribution >= 0.6 is 15.9 Å². The lowest BCUT2D eigenvalue weighted by Gasteiger charge is -2.14. The van der Waals surface area contributed by atoms with Crippen LogP contribution in [0.4, 0.5) is 11.4 Å². The van der Waals surface area contributed by atoms with Gasteiger partial charge >= 0.3 is 0 Å². The first-order valence-corrected chi connectivity index (χ1v) is 10.1. The largest absolute Gasteiger partial charge is 0.490 e. The third-order valence-corrected chi connectivity index (χ3v) is 4.67. The molecular weight excluding hydrogens is 442 g/mol. The van der Waals surface area contributed by atoms with E-state index in [4.69, 9.17) is 9.47 Å². The second-order valence-corrected chi connectivity index (χ2v) is 6.84. The third-order valence-electron chi connectivity index (χ3n) is 3.93. The topological polar surface area (TPSA) is 103 Å². The van der Waals surface area contributed by atoms with Crippen molar-refractivity contribution >= 4 is 33.2 Å². The van der Waals surface area contributed by atoms with Gasteiger partial charge in [0.05, 0.1) is 24.6 Å². The quantitative estimate of drug-likeness (QED) is 0.296. The van der Waals surface area contributed by atoms with Gasteiger partial charge in [0.15, 0.2) is 11.5 Å². The predicted octanol–water partition coefficient (Wildman–Crippen LogP) is 3.93. The van der Waals surface area contributed by atoms with Gasteiger partial charge in [-0.05, 0) is 37.6 Å². The second-order valence-electron chi connectivity index (χ2n) is 5.98. The van der Waals surface area contributed by atoms with Gasteiger partial charge in [0.2, 0.25) is 5.91 Å². The highest BCUT2D eigenvalue weighted by atomic mass is 79.9. The molecule has 0 saturated carbocycles. The molecule has 2 rings (SSSR count). The van der Waals surface area contributed by atoms with Crippen LogP contribution in [0.15, 0.2) is 40.9 Å². The zero-order valence-electron chi connectivity index (χ0n) is 16.4. The van der Waals surface area contributed by atoms with E-state index < -0.39 is 4.92 Å². The minimum absolute atomic E-state index is 0.000554. The second kappa shape index (κ2) is 11.3. The van der Waals surface area contributed by atoms with E-state index in [1.807, 2.05) is 13.8 Å². The number of rotatable bonds is 11. The monoisotopic (exact) mass is 465 g/mol. The van der Waals surface area contributed by atoms with E-state index in [1.165, 1.54) is 6.07 Å². The Bertz CT molecular complexity index is 860. The van der Waals surface area contributed by atoms with Crippen LogP contribution in [-0.4, -0.2) is 37.1 Å². The molecule has 0 heterocycles. The maximum atomic E-state index is 12.3. The molecule has 29 heavy (non-hydrogen) atoms. The minimum atomic E-state index is -0.444. The number of nitro benzene ring substituents is 1. The SMILES string of the molecule is CCOc1cc(Br)c(CC(=O)NCCNc2ccccc2[N+](=O)[O-])cc1OCC. The molecule has 0 aromatic heterocycles. The molecule has 0 atom stereocenters. The number of amides is 1. The summed E-state index contributed by atoms with van der Waals surface area (Å²) in [5.74, 6) is 1.05. The lowest BCUT2D eigenvalue weighted by Crippen LogP contribution is -2.30. The zero-order chi connectivity index (χ0) is 21.2. The van der Waals surface area contributed by atoms with Gasteiger partial charge in [-0.2, -0.15) is 0 Å². The summed E-state index contributed by atoms with van der Waals surface area (Å²) < 4.78 is 11.9. The summed E-state index contributed by atoms with van der Waals surface area (Å²) >= 11 is 3.47. The first-order valence-electron chi connectivity index (χ1n) is 9.28. The number of carbonyl (C=O) groups excluding carboxylic acids is 1. The van der Waals surface area contributed by atoms with Crippen molar-refractivity contribution in [2.24, 2.45) is 0 Å². The Balaban J connectivity index is 1.91. The molecule has 0 aliphatic rings. The maximum absolute atomic E-state index is 12.3. The number of nitro groups is 1. The van der Waals surface area contributed by atoms with E-state index in [-0.39, 0.29) is 18.0 Å². The first-order chi connectivity index (χ1) is 14.0. The van der Waals surface area contributed by atoms with Crippen LogP contribution in [0.1, 0.15) is 19.4 Å². The van der Waals surface area contributed by atoms with Crippen molar-refractivity contribution in [1.82, 2.24) is 5.32 Å². The lowest BCUT2D eigenvalue weighted by molar-refractivity contribution is -0.384. The molecule has 0 radical (unpaired) electrons. The summed E-state index contributed by atoms with van der Waals surface area (Å²) in [6.45, 7) is 5.48. The van der Waals surface area contributed by atoms with Crippen LogP contribution in [0.2, 0.25) is 0 Å². The summed E-state index contributed by atoms with van der Waals surface area (Å²) in [4.78, 5) is 22.9. The van der Waals surface area contributed by atoms with Crippen molar-refractivity contribution in [2.45, 2.75) is 20.3 Å². The number of nitrogens with zero attached hydrogens (tertiary/aromatic N) is 1. The van der Waals surface area contributed by atoms with Crippen LogP contribution < -0.4 is 20.1 Å². The number of benzene rings is 2. The summed E-state index contributed by atoms with van der Waals surface area (Å²) in [5.41, 5.74) is 1.20. The van der Waals surface area contributed by atoms with Crippen molar-refractivity contribution in [1.29, 1.82) is 0 Å². The molecule has 2 aromatic carbocycles. The van der Waals surface area contributed by atoms with Gasteiger partial charge in [-0.15, -0.1) is 0 Å². The van der Waals surface area contributed by atoms with E-state index in [1.54, 1.807) is 30.3 Å². The predicted molar refractivity (Wildman–Crippen MR) is 115 cm³/mol. The van der Waals surface area contributed by atoms with Gasteiger partial charge in [0.25, 0.3) is 5.69 Å². The van der Waals surface area contributed by atoms with Crippen LogP contribution in [-0.2, 0) is 11.2 Å². The van der Waals surface area contributed by atoms with Crippen molar-refractivity contribution in [3.8, 4) is 11.5 Å². The Morgan fingerprint density at radius 3 is 2.41 bits per heavy atom. The number of nitrogens with one attached hydrogen (secondary N) is 2. The molecule has 9 heteroatoms. The molecule has 0 aliphatic carbocycles. The molecule has 0 fully saturated rings. The Labute approximate surface area is 177 Å². The van der Waals surface area contributed by atoms with Gasteiger partial charge in [0.1, 0.15) is 5.69 Å². The fourth-order valence-electron chi connectivity index (χ4n) is 2.67. The number of anilines is 1. The number of hydrogen-bond donors (Lipinski definition) is 2. The molecular formula is C20H24BrN3O5. The average Bonchev–Trinajstić information content (AvgIpc) is 2.69. The van der Waals surface area contributed by atoms with Crippen molar-refractivity contribution in [3.05, 3.63) is 56.5 Å². The van der Waals surface area contributed by atoms with Crippen LogP contribution in [0.25, 0.3) is 0 Å². The van der Waals surface area contributed by atoms with Gasteiger partial charge in [-0.3, -0.25) is 14.9 Å². The Morgan fingerprint density at radius 2 is 1.76 bits per heavy atom. The molecule has 0 bridgehead atoms. The Morgan fingerprint density at radius 1 is 1.10 bits per heavy atom. The molecule has 0 aliphatic heterocycles. The smallest absolute Gasteiger partial charge is 0.292 e. The Hall–Kier alpha value is -2.81. The standard InChI is InChI=1S/C20H24BrN3O5/c1-3-28-18-11-14(15(21)13-19(18)29-4-2)12-20(25)23-10-9-22-16-7-5-6-8-17(16)24(26)27/h5-8,11,13,22H,3-4,9-10,12H2,1-2H3,(H,23,25). The fraction of sp³-hybridized carbons (Fsp3) is 0.350. The number of carbonyl (C=O) groups is 1. The van der Waals surface area contributed by atoms with Crippen molar-refractivity contribution in [2.75, 3.05) is 31.6 Å². The average molecular weight is 466 g/mol. The van der Waals surface area contributed by atoms with Crippen LogP contribution in [0, 0.1) is 10.1 Å². The molecule has 2 N–H and O–H groups in total. The third kappa shape index (κ3) is 6.63. The van der Waals surface area contributed by atoms with Crippen molar-refractivity contribution < 1.29 is 19.2 Å².